The number of alkyl halides is 3. The molecular formula is C23H23F3N2O3. The van der Waals surface area contributed by atoms with E-state index >= 15 is 0 Å². The minimum absolute atomic E-state index is 0.0347. The lowest BCUT2D eigenvalue weighted by Crippen LogP contribution is -2.46. The number of rotatable bonds is 6. The third-order valence-electron chi connectivity index (χ3n) is 4.93. The monoisotopic (exact) mass is 432 g/mol. The Bertz CT molecular complexity index is 941. The predicted molar refractivity (Wildman–Crippen MR) is 109 cm³/mol. The molecule has 0 spiro atoms. The van der Waals surface area contributed by atoms with Gasteiger partial charge in [0.05, 0.1) is 12.6 Å². The molecule has 0 saturated heterocycles. The number of benzene rings is 2. The molecule has 2 amide bonds. The molecule has 0 aromatic heterocycles. The van der Waals surface area contributed by atoms with Crippen LogP contribution in [0.15, 0.2) is 66.4 Å². The second kappa shape index (κ2) is 9.68. The number of alkyl carbamates (subject to hydrolysis) is 1. The predicted octanol–water partition coefficient (Wildman–Crippen LogP) is 4.86. The molecule has 5 nitrogen and oxygen atoms in total. The van der Waals surface area contributed by atoms with Gasteiger partial charge in [-0.2, -0.15) is 13.2 Å². The lowest BCUT2D eigenvalue weighted by Gasteiger charge is -2.29. The molecule has 3 rings (SSSR count). The number of ether oxygens (including phenoxy) is 1. The van der Waals surface area contributed by atoms with Crippen molar-refractivity contribution in [1.29, 1.82) is 0 Å². The summed E-state index contributed by atoms with van der Waals surface area (Å²) in [7, 11) is 0. The fourth-order valence-electron chi connectivity index (χ4n) is 3.35. The van der Waals surface area contributed by atoms with Gasteiger partial charge in [0.25, 0.3) is 0 Å². The van der Waals surface area contributed by atoms with Gasteiger partial charge in [0.2, 0.25) is 0 Å². The zero-order chi connectivity index (χ0) is 22.4. The van der Waals surface area contributed by atoms with Crippen molar-refractivity contribution in [3.63, 3.8) is 0 Å². The summed E-state index contributed by atoms with van der Waals surface area (Å²) in [5, 5.41) is 2.59. The number of carbonyl (C=O) groups excluding carboxylic acids is 2. The van der Waals surface area contributed by atoms with Crippen LogP contribution in [0.4, 0.5) is 18.0 Å². The van der Waals surface area contributed by atoms with Gasteiger partial charge in [0.1, 0.15) is 6.61 Å². The molecule has 2 aromatic carbocycles. The molecule has 1 N–H and O–H groups in total. The van der Waals surface area contributed by atoms with Crippen molar-refractivity contribution in [2.45, 2.75) is 45.1 Å². The normalized spacial score (nSPS) is 15.9. The van der Waals surface area contributed by atoms with E-state index in [4.69, 9.17) is 4.74 Å². The van der Waals surface area contributed by atoms with Crippen molar-refractivity contribution in [2.75, 3.05) is 0 Å². The van der Waals surface area contributed by atoms with Crippen LogP contribution in [0.2, 0.25) is 0 Å². The largest absolute Gasteiger partial charge is 0.471 e. The molecule has 1 atom stereocenters. The highest BCUT2D eigenvalue weighted by atomic mass is 19.4. The van der Waals surface area contributed by atoms with Crippen LogP contribution in [0.5, 0.6) is 0 Å². The summed E-state index contributed by atoms with van der Waals surface area (Å²) in [6.07, 6.45) is -3.41. The highest BCUT2D eigenvalue weighted by molar-refractivity contribution is 5.84. The quantitative estimate of drug-likeness (QED) is 0.709. The van der Waals surface area contributed by atoms with E-state index in [1.54, 1.807) is 54.6 Å². The third-order valence-corrected chi connectivity index (χ3v) is 4.93. The SMILES string of the molecule is Cc1ccc(CN(C(=O)C(F)(F)F)C2=CCCC2NC(=O)OCc2ccccc2)cc1. The molecule has 1 aliphatic rings. The van der Waals surface area contributed by atoms with Crippen LogP contribution in [0, 0.1) is 6.92 Å². The summed E-state index contributed by atoms with van der Waals surface area (Å²) in [5.74, 6) is -1.97. The van der Waals surface area contributed by atoms with Crippen LogP contribution >= 0.6 is 0 Å². The van der Waals surface area contributed by atoms with Crippen LogP contribution in [-0.2, 0) is 22.7 Å². The van der Waals surface area contributed by atoms with Crippen molar-refractivity contribution in [3.8, 4) is 0 Å². The minimum Gasteiger partial charge on any atom is -0.445 e. The molecule has 0 heterocycles. The Morgan fingerprint density at radius 1 is 1.06 bits per heavy atom. The van der Waals surface area contributed by atoms with E-state index in [-0.39, 0.29) is 18.8 Å². The molecule has 0 radical (unpaired) electrons. The summed E-state index contributed by atoms with van der Waals surface area (Å²) < 4.78 is 45.0. The van der Waals surface area contributed by atoms with Gasteiger partial charge in [0, 0.05) is 5.70 Å². The Kier molecular flexibility index (Phi) is 6.99. The van der Waals surface area contributed by atoms with Gasteiger partial charge >= 0.3 is 18.2 Å². The lowest BCUT2D eigenvalue weighted by atomic mass is 10.1. The number of halogens is 3. The van der Waals surface area contributed by atoms with E-state index in [2.05, 4.69) is 5.32 Å². The van der Waals surface area contributed by atoms with Crippen molar-refractivity contribution < 1.29 is 27.5 Å². The molecule has 0 fully saturated rings. The second-order valence-corrected chi connectivity index (χ2v) is 7.34. The molecule has 2 aromatic rings. The standard InChI is InChI=1S/C23H23F3N2O3/c1-16-10-12-17(13-11-16)14-28(21(29)23(24,25)26)20-9-5-8-19(20)27-22(30)31-15-18-6-3-2-4-7-18/h2-4,6-7,9-13,19H,5,8,14-15H2,1H3,(H,27,30). The average molecular weight is 432 g/mol. The molecule has 31 heavy (non-hydrogen) atoms. The van der Waals surface area contributed by atoms with E-state index in [0.29, 0.717) is 23.3 Å². The minimum atomic E-state index is -5.04. The first kappa shape index (κ1) is 22.4. The van der Waals surface area contributed by atoms with E-state index in [0.717, 1.165) is 11.1 Å². The zero-order valence-electron chi connectivity index (χ0n) is 17.0. The van der Waals surface area contributed by atoms with Gasteiger partial charge in [-0.1, -0.05) is 66.2 Å². The Morgan fingerprint density at radius 3 is 2.39 bits per heavy atom. The summed E-state index contributed by atoms with van der Waals surface area (Å²) in [5.41, 5.74) is 2.42. The third kappa shape index (κ3) is 6.10. The fourth-order valence-corrected chi connectivity index (χ4v) is 3.35. The number of amides is 2. The number of nitrogens with zero attached hydrogens (tertiary/aromatic N) is 1. The number of aryl methyl sites for hydroxylation is 1. The first-order chi connectivity index (χ1) is 14.7. The van der Waals surface area contributed by atoms with Crippen molar-refractivity contribution in [2.24, 2.45) is 0 Å². The summed E-state index contributed by atoms with van der Waals surface area (Å²) in [6, 6.07) is 15.2. The van der Waals surface area contributed by atoms with Crippen LogP contribution < -0.4 is 5.32 Å². The Morgan fingerprint density at radius 2 is 1.74 bits per heavy atom. The lowest BCUT2D eigenvalue weighted by molar-refractivity contribution is -0.184. The van der Waals surface area contributed by atoms with Crippen LogP contribution in [0.25, 0.3) is 0 Å². The first-order valence-electron chi connectivity index (χ1n) is 9.85. The van der Waals surface area contributed by atoms with E-state index in [1.165, 1.54) is 0 Å². The van der Waals surface area contributed by atoms with Gasteiger partial charge in [-0.25, -0.2) is 4.79 Å². The molecule has 0 saturated carbocycles. The highest BCUT2D eigenvalue weighted by Gasteiger charge is 2.45. The molecule has 0 aliphatic heterocycles. The maximum Gasteiger partial charge on any atom is 0.471 e. The number of hydrogen-bond acceptors (Lipinski definition) is 3. The van der Waals surface area contributed by atoms with Crippen molar-refractivity contribution >= 4 is 12.0 Å². The Hall–Kier alpha value is -3.29. The molecule has 8 heteroatoms. The van der Waals surface area contributed by atoms with Crippen molar-refractivity contribution in [3.05, 3.63) is 83.1 Å². The van der Waals surface area contributed by atoms with Crippen LogP contribution in [0.1, 0.15) is 29.5 Å². The number of hydrogen-bond donors (Lipinski definition) is 1. The summed E-state index contributed by atoms with van der Waals surface area (Å²) in [4.78, 5) is 25.1. The highest BCUT2D eigenvalue weighted by Crippen LogP contribution is 2.29. The van der Waals surface area contributed by atoms with Crippen molar-refractivity contribution in [1.82, 2.24) is 10.2 Å². The first-order valence-corrected chi connectivity index (χ1v) is 9.85. The van der Waals surface area contributed by atoms with Gasteiger partial charge < -0.3 is 15.0 Å². The van der Waals surface area contributed by atoms with Gasteiger partial charge in [-0.05, 0) is 30.9 Å². The maximum atomic E-state index is 13.3. The van der Waals surface area contributed by atoms with E-state index < -0.39 is 24.2 Å². The van der Waals surface area contributed by atoms with E-state index in [1.807, 2.05) is 13.0 Å². The van der Waals surface area contributed by atoms with Gasteiger partial charge in [-0.3, -0.25) is 4.79 Å². The number of carbonyl (C=O) groups is 2. The fraction of sp³-hybridized carbons (Fsp3) is 0.304. The van der Waals surface area contributed by atoms with Gasteiger partial charge in [-0.15, -0.1) is 0 Å². The molecule has 1 aliphatic carbocycles. The smallest absolute Gasteiger partial charge is 0.445 e. The average Bonchev–Trinajstić information content (AvgIpc) is 3.19. The Balaban J connectivity index is 1.71. The number of allylic oxidation sites excluding steroid dienone is 1. The molecule has 0 bridgehead atoms. The zero-order valence-corrected chi connectivity index (χ0v) is 17.0. The topological polar surface area (TPSA) is 58.6 Å². The van der Waals surface area contributed by atoms with E-state index in [9.17, 15) is 22.8 Å². The molecule has 1 unspecified atom stereocenters. The van der Waals surface area contributed by atoms with Gasteiger partial charge in [0.15, 0.2) is 0 Å². The summed E-state index contributed by atoms with van der Waals surface area (Å²) in [6.45, 7) is 1.65. The van der Waals surface area contributed by atoms with Crippen LogP contribution in [-0.4, -0.2) is 29.1 Å². The summed E-state index contributed by atoms with van der Waals surface area (Å²) >= 11 is 0. The number of nitrogens with one attached hydrogen (secondary N) is 1. The molecular weight excluding hydrogens is 409 g/mol. The second-order valence-electron chi connectivity index (χ2n) is 7.34. The Labute approximate surface area is 178 Å². The van der Waals surface area contributed by atoms with Crippen LogP contribution in [0.3, 0.4) is 0 Å². The molecule has 164 valence electrons. The maximum absolute atomic E-state index is 13.3.